The van der Waals surface area contributed by atoms with E-state index in [1.807, 2.05) is 37.3 Å². The molecule has 5 nitrogen and oxygen atoms in total. The highest BCUT2D eigenvalue weighted by molar-refractivity contribution is 5.13. The number of ether oxygens (including phenoxy) is 1. The first-order valence-corrected chi connectivity index (χ1v) is 6.96. The van der Waals surface area contributed by atoms with Gasteiger partial charge in [0.2, 0.25) is 0 Å². The van der Waals surface area contributed by atoms with Crippen molar-refractivity contribution in [3.05, 3.63) is 47.6 Å². The lowest BCUT2D eigenvalue weighted by molar-refractivity contribution is 0.0307. The molecule has 20 heavy (non-hydrogen) atoms. The van der Waals surface area contributed by atoms with E-state index in [-0.39, 0.29) is 11.6 Å². The van der Waals surface area contributed by atoms with Gasteiger partial charge in [-0.25, -0.2) is 0 Å². The Morgan fingerprint density at radius 3 is 2.75 bits per heavy atom. The summed E-state index contributed by atoms with van der Waals surface area (Å²) in [5.41, 5.74) is 6.91. The number of nitrogens with zero attached hydrogens (tertiary/aromatic N) is 2. The maximum atomic E-state index is 6.18. The van der Waals surface area contributed by atoms with E-state index in [0.29, 0.717) is 18.3 Å². The molecule has 1 fully saturated rings. The SMILES string of the molecule is CC(OCc1ccccc1)c1nc(C2(N)CCC2)no1. The number of hydrogen-bond donors (Lipinski definition) is 1. The summed E-state index contributed by atoms with van der Waals surface area (Å²) >= 11 is 0. The highest BCUT2D eigenvalue weighted by atomic mass is 16.5. The summed E-state index contributed by atoms with van der Waals surface area (Å²) < 4.78 is 11.0. The van der Waals surface area contributed by atoms with E-state index in [4.69, 9.17) is 15.0 Å². The molecule has 0 amide bonds. The average molecular weight is 273 g/mol. The van der Waals surface area contributed by atoms with Crippen LogP contribution in [0.15, 0.2) is 34.9 Å². The summed E-state index contributed by atoms with van der Waals surface area (Å²) in [4.78, 5) is 4.39. The molecule has 106 valence electrons. The monoisotopic (exact) mass is 273 g/mol. The lowest BCUT2D eigenvalue weighted by Gasteiger charge is -2.34. The third-order valence-corrected chi connectivity index (χ3v) is 3.82. The van der Waals surface area contributed by atoms with Crippen LogP contribution in [0.3, 0.4) is 0 Å². The summed E-state index contributed by atoms with van der Waals surface area (Å²) in [5, 5.41) is 3.99. The lowest BCUT2D eigenvalue weighted by atomic mass is 9.77. The molecule has 1 aromatic carbocycles. The Morgan fingerprint density at radius 1 is 1.35 bits per heavy atom. The molecule has 0 spiro atoms. The smallest absolute Gasteiger partial charge is 0.255 e. The van der Waals surface area contributed by atoms with Crippen molar-refractivity contribution < 1.29 is 9.26 Å². The minimum atomic E-state index is -0.388. The van der Waals surface area contributed by atoms with Crippen LogP contribution >= 0.6 is 0 Å². The average Bonchev–Trinajstić information content (AvgIpc) is 2.93. The van der Waals surface area contributed by atoms with Crippen molar-refractivity contribution >= 4 is 0 Å². The summed E-state index contributed by atoms with van der Waals surface area (Å²) in [6, 6.07) is 10.0. The fourth-order valence-electron chi connectivity index (χ4n) is 2.25. The molecule has 1 aliphatic rings. The van der Waals surface area contributed by atoms with Gasteiger partial charge in [0.05, 0.1) is 12.1 Å². The molecular formula is C15H19N3O2. The van der Waals surface area contributed by atoms with Crippen molar-refractivity contribution in [3.8, 4) is 0 Å². The van der Waals surface area contributed by atoms with Crippen LogP contribution in [0.4, 0.5) is 0 Å². The van der Waals surface area contributed by atoms with Gasteiger partial charge < -0.3 is 15.0 Å². The first kappa shape index (κ1) is 13.3. The topological polar surface area (TPSA) is 74.2 Å². The van der Waals surface area contributed by atoms with Crippen LogP contribution < -0.4 is 5.73 Å². The van der Waals surface area contributed by atoms with Crippen LogP contribution in [-0.2, 0) is 16.9 Å². The number of hydrogen-bond acceptors (Lipinski definition) is 5. The molecule has 2 aromatic rings. The van der Waals surface area contributed by atoms with Crippen LogP contribution in [0.25, 0.3) is 0 Å². The molecule has 1 saturated carbocycles. The standard InChI is InChI=1S/C15H19N3O2/c1-11(19-10-12-6-3-2-4-7-12)13-17-14(18-20-13)15(16)8-5-9-15/h2-4,6-7,11H,5,8-10,16H2,1H3. The summed E-state index contributed by atoms with van der Waals surface area (Å²) in [6.45, 7) is 2.43. The molecule has 0 radical (unpaired) electrons. The third kappa shape index (κ3) is 2.59. The number of benzene rings is 1. The number of rotatable bonds is 5. The van der Waals surface area contributed by atoms with Crippen molar-refractivity contribution in [3.63, 3.8) is 0 Å². The molecule has 1 atom stereocenters. The Hall–Kier alpha value is -1.72. The zero-order valence-corrected chi connectivity index (χ0v) is 11.6. The van der Waals surface area contributed by atoms with Crippen LogP contribution in [0.2, 0.25) is 0 Å². The summed E-state index contributed by atoms with van der Waals surface area (Å²) in [7, 11) is 0. The lowest BCUT2D eigenvalue weighted by Crippen LogP contribution is -2.44. The van der Waals surface area contributed by atoms with Gasteiger partial charge in [0, 0.05) is 0 Å². The molecular weight excluding hydrogens is 254 g/mol. The molecule has 5 heteroatoms. The van der Waals surface area contributed by atoms with Gasteiger partial charge in [-0.15, -0.1) is 0 Å². The maximum absolute atomic E-state index is 6.18. The molecule has 2 N–H and O–H groups in total. The highest BCUT2D eigenvalue weighted by Crippen LogP contribution is 2.37. The maximum Gasteiger partial charge on any atom is 0.255 e. The van der Waals surface area contributed by atoms with Gasteiger partial charge in [-0.1, -0.05) is 35.5 Å². The van der Waals surface area contributed by atoms with Crippen molar-refractivity contribution in [2.75, 3.05) is 0 Å². The van der Waals surface area contributed by atoms with E-state index < -0.39 is 0 Å². The number of nitrogens with two attached hydrogens (primary N) is 1. The minimum Gasteiger partial charge on any atom is -0.364 e. The molecule has 1 aliphatic carbocycles. The molecule has 1 aromatic heterocycles. The molecule has 0 saturated heterocycles. The fraction of sp³-hybridized carbons (Fsp3) is 0.467. The first-order valence-electron chi connectivity index (χ1n) is 6.96. The second kappa shape index (κ2) is 5.34. The van der Waals surface area contributed by atoms with E-state index in [2.05, 4.69) is 10.1 Å². The van der Waals surface area contributed by atoms with E-state index in [9.17, 15) is 0 Å². The van der Waals surface area contributed by atoms with Crippen LogP contribution in [0, 0.1) is 0 Å². The van der Waals surface area contributed by atoms with Crippen LogP contribution in [0.1, 0.15) is 49.6 Å². The Morgan fingerprint density at radius 2 is 2.10 bits per heavy atom. The second-order valence-electron chi connectivity index (χ2n) is 5.40. The summed E-state index contributed by atoms with van der Waals surface area (Å²) in [5.74, 6) is 1.10. The largest absolute Gasteiger partial charge is 0.364 e. The van der Waals surface area contributed by atoms with Crippen LogP contribution in [0.5, 0.6) is 0 Å². The van der Waals surface area contributed by atoms with Crippen molar-refractivity contribution in [2.45, 2.75) is 44.4 Å². The highest BCUT2D eigenvalue weighted by Gasteiger charge is 2.39. The van der Waals surface area contributed by atoms with Crippen molar-refractivity contribution in [2.24, 2.45) is 5.73 Å². The zero-order valence-electron chi connectivity index (χ0n) is 11.6. The number of aromatic nitrogens is 2. The second-order valence-corrected chi connectivity index (χ2v) is 5.40. The Kier molecular flexibility index (Phi) is 3.54. The van der Waals surface area contributed by atoms with Gasteiger partial charge in [-0.05, 0) is 31.7 Å². The zero-order chi connectivity index (χ0) is 14.0. The van der Waals surface area contributed by atoms with E-state index in [1.54, 1.807) is 0 Å². The summed E-state index contributed by atoms with van der Waals surface area (Å²) in [6.07, 6.45) is 2.73. The van der Waals surface area contributed by atoms with E-state index in [0.717, 1.165) is 24.8 Å². The quantitative estimate of drug-likeness (QED) is 0.906. The molecule has 1 unspecified atom stereocenters. The van der Waals surface area contributed by atoms with Gasteiger partial charge in [0.15, 0.2) is 5.82 Å². The van der Waals surface area contributed by atoms with Crippen molar-refractivity contribution in [1.82, 2.24) is 10.1 Å². The van der Waals surface area contributed by atoms with E-state index in [1.165, 1.54) is 0 Å². The van der Waals surface area contributed by atoms with Crippen molar-refractivity contribution in [1.29, 1.82) is 0 Å². The fourth-order valence-corrected chi connectivity index (χ4v) is 2.25. The molecule has 0 aliphatic heterocycles. The first-order chi connectivity index (χ1) is 9.67. The van der Waals surface area contributed by atoms with Gasteiger partial charge in [0.1, 0.15) is 6.10 Å². The third-order valence-electron chi connectivity index (χ3n) is 3.82. The Labute approximate surface area is 118 Å². The molecule has 0 bridgehead atoms. The molecule has 3 rings (SSSR count). The molecule has 1 heterocycles. The van der Waals surface area contributed by atoms with Crippen LogP contribution in [-0.4, -0.2) is 10.1 Å². The van der Waals surface area contributed by atoms with Gasteiger partial charge in [-0.3, -0.25) is 0 Å². The Bertz CT molecular complexity index is 564. The normalized spacial score (nSPS) is 18.5. The van der Waals surface area contributed by atoms with Gasteiger partial charge >= 0.3 is 0 Å². The van der Waals surface area contributed by atoms with Gasteiger partial charge in [-0.2, -0.15) is 4.98 Å². The minimum absolute atomic E-state index is 0.236. The predicted molar refractivity (Wildman–Crippen MR) is 73.7 cm³/mol. The van der Waals surface area contributed by atoms with Gasteiger partial charge in [0.25, 0.3) is 5.89 Å². The van der Waals surface area contributed by atoms with E-state index >= 15 is 0 Å². The predicted octanol–water partition coefficient (Wildman–Crippen LogP) is 2.69. The Balaban J connectivity index is 1.61.